The summed E-state index contributed by atoms with van der Waals surface area (Å²) in [4.78, 5) is 19.4. The molecule has 0 aromatic heterocycles. The maximum Gasteiger partial charge on any atom is 0.275 e. The average molecular weight is 411 g/mol. The molecule has 0 spiro atoms. The van der Waals surface area contributed by atoms with Crippen LogP contribution in [0.15, 0.2) is 43.0 Å². The van der Waals surface area contributed by atoms with Crippen LogP contribution in [0.5, 0.6) is 0 Å². The molecule has 1 fully saturated rings. The topological polar surface area (TPSA) is 73.8 Å². The molecule has 2 heterocycles. The van der Waals surface area contributed by atoms with Crippen molar-refractivity contribution in [2.75, 3.05) is 31.6 Å². The van der Waals surface area contributed by atoms with E-state index < -0.39 is 0 Å². The van der Waals surface area contributed by atoms with Crippen molar-refractivity contribution in [2.24, 2.45) is 0 Å². The Balaban J connectivity index is 1.55. The van der Waals surface area contributed by atoms with Crippen LogP contribution in [0.4, 0.5) is 10.1 Å². The summed E-state index contributed by atoms with van der Waals surface area (Å²) in [5, 5.41) is 12.5. The molecule has 0 bridgehead atoms. The highest BCUT2D eigenvalue weighted by Crippen LogP contribution is 2.34. The molecular weight excluding hydrogens is 385 g/mol. The molecule has 2 aromatic rings. The fraction of sp³-hybridized carbons (Fsp3) is 0.348. The number of amides is 1. The number of hydrogen-bond acceptors (Lipinski definition) is 5. The molecule has 2 aromatic carbocycles. The molecule has 0 aliphatic carbocycles. The Morgan fingerprint density at radius 1 is 1.37 bits per heavy atom. The van der Waals surface area contributed by atoms with Crippen LogP contribution < -0.4 is 10.8 Å². The van der Waals surface area contributed by atoms with Crippen molar-refractivity contribution in [3.8, 4) is 0 Å². The molecule has 6 nitrogen and oxygen atoms in total. The van der Waals surface area contributed by atoms with Crippen molar-refractivity contribution >= 4 is 17.3 Å². The third-order valence-electron chi connectivity index (χ3n) is 5.78. The number of fused-ring (bicyclic) bond motifs is 1. The SMILES string of the molecule is C=C(Nc1cccc2c1CCONC2=O)c1ccc([C@@H]2CCCN2CCO)c(F)c1. The summed E-state index contributed by atoms with van der Waals surface area (Å²) in [6.07, 6.45) is 2.45. The molecule has 2 aliphatic rings. The largest absolute Gasteiger partial charge is 0.395 e. The number of aliphatic hydroxyl groups is 1. The number of β-amino-alcohol motifs (C(OH)–C–C–N with tert-alkyl or cyclic N) is 1. The zero-order chi connectivity index (χ0) is 21.1. The number of hydrogen-bond donors (Lipinski definition) is 3. The second kappa shape index (κ2) is 8.95. The number of nitrogens with zero attached hydrogens (tertiary/aromatic N) is 1. The van der Waals surface area contributed by atoms with Gasteiger partial charge >= 0.3 is 0 Å². The minimum Gasteiger partial charge on any atom is -0.395 e. The van der Waals surface area contributed by atoms with Crippen LogP contribution in [0.25, 0.3) is 5.70 Å². The van der Waals surface area contributed by atoms with Crippen molar-refractivity contribution in [3.05, 3.63) is 71.0 Å². The van der Waals surface area contributed by atoms with E-state index in [4.69, 9.17) is 4.84 Å². The lowest BCUT2D eigenvalue weighted by Crippen LogP contribution is -2.27. The van der Waals surface area contributed by atoms with Gasteiger partial charge in [0.2, 0.25) is 0 Å². The fourth-order valence-electron chi connectivity index (χ4n) is 4.30. The predicted molar refractivity (Wildman–Crippen MR) is 113 cm³/mol. The zero-order valence-corrected chi connectivity index (χ0v) is 16.8. The van der Waals surface area contributed by atoms with E-state index in [1.165, 1.54) is 6.07 Å². The second-order valence-electron chi connectivity index (χ2n) is 7.62. The molecule has 0 saturated carbocycles. The quantitative estimate of drug-likeness (QED) is 0.681. The second-order valence-corrected chi connectivity index (χ2v) is 7.62. The first kappa shape index (κ1) is 20.5. The summed E-state index contributed by atoms with van der Waals surface area (Å²) in [7, 11) is 0. The van der Waals surface area contributed by atoms with Crippen LogP contribution in [0.3, 0.4) is 0 Å². The number of hydroxylamine groups is 1. The summed E-state index contributed by atoms with van der Waals surface area (Å²) in [5.41, 5.74) is 6.42. The molecule has 1 amide bonds. The molecule has 0 unspecified atom stereocenters. The Hall–Kier alpha value is -2.74. The molecule has 7 heteroatoms. The first-order valence-corrected chi connectivity index (χ1v) is 10.2. The molecule has 0 radical (unpaired) electrons. The lowest BCUT2D eigenvalue weighted by molar-refractivity contribution is 0.0358. The van der Waals surface area contributed by atoms with Crippen molar-refractivity contribution in [1.29, 1.82) is 0 Å². The maximum atomic E-state index is 15.0. The molecular formula is C23H26FN3O3. The molecule has 4 rings (SSSR count). The minimum absolute atomic E-state index is 0.00386. The van der Waals surface area contributed by atoms with Crippen LogP contribution in [-0.4, -0.2) is 42.2 Å². The van der Waals surface area contributed by atoms with E-state index in [0.717, 1.165) is 30.6 Å². The van der Waals surface area contributed by atoms with Crippen molar-refractivity contribution in [3.63, 3.8) is 0 Å². The Morgan fingerprint density at radius 2 is 2.23 bits per heavy atom. The standard InChI is InChI=1S/C23H26FN3O3/c1-15(25-21-5-2-4-18-17(21)9-13-30-26-23(18)29)16-7-8-19(20(24)14-16)22-6-3-10-27(22)11-12-28/h2,4-5,7-8,14,22,25,28H,1,3,6,9-13H2,(H,26,29)/t22-/m0/s1. The highest BCUT2D eigenvalue weighted by Gasteiger charge is 2.27. The van der Waals surface area contributed by atoms with Crippen molar-refractivity contribution in [2.45, 2.75) is 25.3 Å². The first-order valence-electron chi connectivity index (χ1n) is 10.2. The predicted octanol–water partition coefficient (Wildman–Crippen LogP) is 3.26. The molecule has 1 atom stereocenters. The lowest BCUT2D eigenvalue weighted by atomic mass is 9.99. The lowest BCUT2D eigenvalue weighted by Gasteiger charge is -2.24. The van der Waals surface area contributed by atoms with Gasteiger partial charge in [0.15, 0.2) is 0 Å². The molecule has 1 saturated heterocycles. The van der Waals surface area contributed by atoms with Gasteiger partial charge in [-0.1, -0.05) is 24.8 Å². The number of aliphatic hydroxyl groups excluding tert-OH is 1. The fourth-order valence-corrected chi connectivity index (χ4v) is 4.30. The van der Waals surface area contributed by atoms with Gasteiger partial charge in [-0.3, -0.25) is 14.5 Å². The zero-order valence-electron chi connectivity index (χ0n) is 16.8. The van der Waals surface area contributed by atoms with E-state index in [-0.39, 0.29) is 24.4 Å². The summed E-state index contributed by atoms with van der Waals surface area (Å²) >= 11 is 0. The minimum atomic E-state index is -0.281. The van der Waals surface area contributed by atoms with Gasteiger partial charge in [0.25, 0.3) is 5.91 Å². The molecule has 3 N–H and O–H groups in total. The van der Waals surface area contributed by atoms with Crippen LogP contribution in [0, 0.1) is 5.82 Å². The van der Waals surface area contributed by atoms with Crippen LogP contribution in [0.2, 0.25) is 0 Å². The smallest absolute Gasteiger partial charge is 0.275 e. The van der Waals surface area contributed by atoms with E-state index in [2.05, 4.69) is 22.3 Å². The normalized spacial score (nSPS) is 19.1. The van der Waals surface area contributed by atoms with Crippen LogP contribution in [0.1, 0.15) is 45.9 Å². The summed E-state index contributed by atoms with van der Waals surface area (Å²) in [6, 6.07) is 10.6. The number of halogens is 1. The number of likely N-dealkylation sites (tertiary alicyclic amines) is 1. The Labute approximate surface area is 175 Å². The highest BCUT2D eigenvalue weighted by molar-refractivity contribution is 5.97. The number of benzene rings is 2. The first-order chi connectivity index (χ1) is 14.6. The van der Waals surface area contributed by atoms with Crippen LogP contribution >= 0.6 is 0 Å². The number of carbonyl (C=O) groups excluding carboxylic acids is 1. The maximum absolute atomic E-state index is 15.0. The van der Waals surface area contributed by atoms with Crippen molar-refractivity contribution in [1.82, 2.24) is 10.4 Å². The number of carbonyl (C=O) groups is 1. The van der Waals surface area contributed by atoms with E-state index >= 15 is 0 Å². The third-order valence-corrected chi connectivity index (χ3v) is 5.78. The van der Waals surface area contributed by atoms with E-state index in [0.29, 0.717) is 42.0 Å². The third kappa shape index (κ3) is 4.09. The van der Waals surface area contributed by atoms with E-state index in [1.54, 1.807) is 12.1 Å². The van der Waals surface area contributed by atoms with Gasteiger partial charge in [-0.05, 0) is 43.1 Å². The highest BCUT2D eigenvalue weighted by atomic mass is 19.1. The summed E-state index contributed by atoms with van der Waals surface area (Å²) < 4.78 is 15.0. The van der Waals surface area contributed by atoms with E-state index in [9.17, 15) is 14.3 Å². The van der Waals surface area contributed by atoms with Crippen LogP contribution in [-0.2, 0) is 11.3 Å². The monoisotopic (exact) mass is 411 g/mol. The van der Waals surface area contributed by atoms with Gasteiger partial charge < -0.3 is 10.4 Å². The summed E-state index contributed by atoms with van der Waals surface area (Å²) in [6.45, 7) is 5.94. The van der Waals surface area contributed by atoms with Gasteiger partial charge in [-0.25, -0.2) is 9.87 Å². The number of rotatable bonds is 6. The summed E-state index contributed by atoms with van der Waals surface area (Å²) in [5.74, 6) is -0.555. The van der Waals surface area contributed by atoms with Gasteiger partial charge in [0.05, 0.1) is 13.2 Å². The van der Waals surface area contributed by atoms with E-state index in [1.807, 2.05) is 18.2 Å². The molecule has 158 valence electrons. The molecule has 2 aliphatic heterocycles. The number of nitrogens with one attached hydrogen (secondary N) is 2. The number of anilines is 1. The van der Waals surface area contributed by atoms with Gasteiger partial charge in [-0.2, -0.15) is 0 Å². The Bertz CT molecular complexity index is 963. The molecule has 30 heavy (non-hydrogen) atoms. The Kier molecular flexibility index (Phi) is 6.13. The Morgan fingerprint density at radius 3 is 3.03 bits per heavy atom. The van der Waals surface area contributed by atoms with Gasteiger partial charge in [0, 0.05) is 47.1 Å². The average Bonchev–Trinajstić information content (AvgIpc) is 3.10. The van der Waals surface area contributed by atoms with Crippen molar-refractivity contribution < 1.29 is 19.1 Å². The van der Waals surface area contributed by atoms with Gasteiger partial charge in [0.1, 0.15) is 5.82 Å². The van der Waals surface area contributed by atoms with Gasteiger partial charge in [-0.15, -0.1) is 0 Å².